The van der Waals surface area contributed by atoms with Crippen molar-refractivity contribution in [2.24, 2.45) is 0 Å². The van der Waals surface area contributed by atoms with Crippen LogP contribution in [-0.2, 0) is 19.0 Å². The summed E-state index contributed by atoms with van der Waals surface area (Å²) in [5, 5.41) is 13.5. The lowest BCUT2D eigenvalue weighted by atomic mass is 9.95. The van der Waals surface area contributed by atoms with Gasteiger partial charge in [-0.1, -0.05) is 0 Å². The average molecular weight is 367 g/mol. The molecule has 0 unspecified atom stereocenters. The zero-order valence-electron chi connectivity index (χ0n) is 15.3. The predicted molar refractivity (Wildman–Crippen MR) is 90.8 cm³/mol. The topological polar surface area (TPSA) is 95.5 Å². The molecule has 2 heterocycles. The molecule has 3 rings (SSSR count). The maximum atomic E-state index is 11.6. The monoisotopic (exact) mass is 367 g/mol. The van der Waals surface area contributed by atoms with Gasteiger partial charge in [0.25, 0.3) is 0 Å². The number of aliphatic hydroxyl groups excluding tert-OH is 1. The van der Waals surface area contributed by atoms with Crippen LogP contribution in [0.1, 0.15) is 20.8 Å². The predicted octanol–water partition coefficient (Wildman–Crippen LogP) is 0.816. The van der Waals surface area contributed by atoms with Gasteiger partial charge < -0.3 is 34.1 Å². The molecule has 1 aromatic carbocycles. The summed E-state index contributed by atoms with van der Waals surface area (Å²) in [5.41, 5.74) is 0. The molecule has 0 aliphatic carbocycles. The van der Waals surface area contributed by atoms with Crippen molar-refractivity contribution in [2.45, 2.75) is 57.2 Å². The van der Waals surface area contributed by atoms with Gasteiger partial charge in [0.1, 0.15) is 35.9 Å². The van der Waals surface area contributed by atoms with Gasteiger partial charge in [0.05, 0.1) is 13.7 Å². The minimum atomic E-state index is -1.01. The van der Waals surface area contributed by atoms with Gasteiger partial charge in [0, 0.05) is 6.92 Å². The first-order valence-corrected chi connectivity index (χ1v) is 8.52. The smallest absolute Gasteiger partial charge is 0.223 e. The summed E-state index contributed by atoms with van der Waals surface area (Å²) in [5.74, 6) is 0.0768. The number of amides is 1. The van der Waals surface area contributed by atoms with E-state index in [9.17, 15) is 9.90 Å². The van der Waals surface area contributed by atoms with Crippen LogP contribution in [0, 0.1) is 0 Å². The van der Waals surface area contributed by atoms with E-state index < -0.39 is 36.4 Å². The Hall–Kier alpha value is -1.87. The molecule has 2 aliphatic heterocycles. The molecule has 2 fully saturated rings. The molecular formula is C18H25NO7. The Balaban J connectivity index is 1.79. The first kappa shape index (κ1) is 18.9. The van der Waals surface area contributed by atoms with Gasteiger partial charge in [-0.05, 0) is 38.1 Å². The highest BCUT2D eigenvalue weighted by molar-refractivity contribution is 5.73. The average Bonchev–Trinajstić information content (AvgIpc) is 2.59. The highest BCUT2D eigenvalue weighted by Gasteiger charge is 2.52. The molecule has 2 aliphatic rings. The maximum Gasteiger partial charge on any atom is 0.223 e. The van der Waals surface area contributed by atoms with Crippen molar-refractivity contribution in [1.82, 2.24) is 5.32 Å². The van der Waals surface area contributed by atoms with Gasteiger partial charge in [-0.3, -0.25) is 4.79 Å². The van der Waals surface area contributed by atoms with Gasteiger partial charge in [-0.15, -0.1) is 0 Å². The molecule has 144 valence electrons. The number of hydrogen-bond donors (Lipinski definition) is 2. The second-order valence-electron chi connectivity index (χ2n) is 6.85. The summed E-state index contributed by atoms with van der Waals surface area (Å²) in [6, 6.07) is 6.16. The van der Waals surface area contributed by atoms with Crippen LogP contribution in [0.15, 0.2) is 24.3 Å². The third-order valence-electron chi connectivity index (χ3n) is 4.37. The van der Waals surface area contributed by atoms with E-state index >= 15 is 0 Å². The Labute approximate surface area is 152 Å². The lowest BCUT2D eigenvalue weighted by molar-refractivity contribution is -0.361. The van der Waals surface area contributed by atoms with Gasteiger partial charge in [0.2, 0.25) is 12.2 Å². The Bertz CT molecular complexity index is 633. The van der Waals surface area contributed by atoms with Gasteiger partial charge in [-0.25, -0.2) is 0 Å². The molecule has 8 heteroatoms. The number of nitrogens with one attached hydrogen (secondary N) is 1. The molecule has 2 saturated heterocycles. The number of methoxy groups -OCH3 is 1. The normalized spacial score (nSPS) is 33.0. The maximum absolute atomic E-state index is 11.6. The number of benzene rings is 1. The van der Waals surface area contributed by atoms with Crippen LogP contribution in [0.3, 0.4) is 0 Å². The fourth-order valence-electron chi connectivity index (χ4n) is 3.12. The molecule has 2 N–H and O–H groups in total. The van der Waals surface area contributed by atoms with E-state index in [1.807, 2.05) is 0 Å². The molecular weight excluding hydrogens is 342 g/mol. The summed E-state index contributed by atoms with van der Waals surface area (Å²) in [6.07, 6.45) is -3.04. The van der Waals surface area contributed by atoms with Crippen LogP contribution in [0.5, 0.6) is 11.5 Å². The fourth-order valence-corrected chi connectivity index (χ4v) is 3.12. The van der Waals surface area contributed by atoms with E-state index in [2.05, 4.69) is 5.32 Å². The second-order valence-corrected chi connectivity index (χ2v) is 6.85. The summed E-state index contributed by atoms with van der Waals surface area (Å²) in [4.78, 5) is 11.6. The van der Waals surface area contributed by atoms with Gasteiger partial charge in [0.15, 0.2) is 5.79 Å². The molecule has 0 radical (unpaired) electrons. The standard InChI is InChI=1S/C18H25NO7/c1-10(20)19-14-15(21)16-13(9-23-18(2,3)26-16)25-17(14)24-12-7-5-11(22-4)6-8-12/h5-8,13-17,21H,9H2,1-4H3,(H,19,20)/t13-,14-,15-,16-,17-/m0/s1. The molecule has 0 saturated carbocycles. The summed E-state index contributed by atoms with van der Waals surface area (Å²) in [6.45, 7) is 5.16. The van der Waals surface area contributed by atoms with Gasteiger partial charge in [-0.2, -0.15) is 0 Å². The molecule has 1 aromatic rings. The number of ether oxygens (including phenoxy) is 5. The Morgan fingerprint density at radius 3 is 2.54 bits per heavy atom. The minimum absolute atomic E-state index is 0.254. The Morgan fingerprint density at radius 2 is 1.92 bits per heavy atom. The minimum Gasteiger partial charge on any atom is -0.497 e. The lowest BCUT2D eigenvalue weighted by Gasteiger charge is -2.49. The Morgan fingerprint density at radius 1 is 1.27 bits per heavy atom. The number of carbonyl (C=O) groups excluding carboxylic acids is 1. The number of fused-ring (bicyclic) bond motifs is 1. The third-order valence-corrected chi connectivity index (χ3v) is 4.37. The molecule has 8 nitrogen and oxygen atoms in total. The van der Waals surface area contributed by atoms with Crippen molar-refractivity contribution in [2.75, 3.05) is 13.7 Å². The lowest BCUT2D eigenvalue weighted by Crippen LogP contribution is -2.69. The van der Waals surface area contributed by atoms with E-state index in [1.54, 1.807) is 45.2 Å². The fraction of sp³-hybridized carbons (Fsp3) is 0.611. The highest BCUT2D eigenvalue weighted by atomic mass is 16.8. The van der Waals surface area contributed by atoms with Crippen molar-refractivity contribution >= 4 is 5.91 Å². The molecule has 0 bridgehead atoms. The Kier molecular flexibility index (Phi) is 5.38. The zero-order chi connectivity index (χ0) is 18.9. The van der Waals surface area contributed by atoms with Crippen molar-refractivity contribution < 1.29 is 33.6 Å². The number of rotatable bonds is 4. The number of hydrogen-bond acceptors (Lipinski definition) is 7. The van der Waals surface area contributed by atoms with E-state index in [1.165, 1.54) is 6.92 Å². The van der Waals surface area contributed by atoms with Crippen molar-refractivity contribution in [3.8, 4) is 11.5 Å². The molecule has 5 atom stereocenters. The van der Waals surface area contributed by atoms with Crippen LogP contribution in [0.4, 0.5) is 0 Å². The quantitative estimate of drug-likeness (QED) is 0.813. The summed E-state index contributed by atoms with van der Waals surface area (Å²) >= 11 is 0. The third kappa shape index (κ3) is 4.09. The summed E-state index contributed by atoms with van der Waals surface area (Å²) in [7, 11) is 1.58. The van der Waals surface area contributed by atoms with Crippen LogP contribution in [0.2, 0.25) is 0 Å². The van der Waals surface area contributed by atoms with Crippen molar-refractivity contribution in [3.63, 3.8) is 0 Å². The second kappa shape index (κ2) is 7.40. The van der Waals surface area contributed by atoms with Crippen LogP contribution >= 0.6 is 0 Å². The van der Waals surface area contributed by atoms with Crippen molar-refractivity contribution in [1.29, 1.82) is 0 Å². The first-order valence-electron chi connectivity index (χ1n) is 8.52. The molecule has 0 aromatic heterocycles. The molecule has 0 spiro atoms. The van der Waals surface area contributed by atoms with Gasteiger partial charge >= 0.3 is 0 Å². The summed E-state index contributed by atoms with van der Waals surface area (Å²) < 4.78 is 28.4. The first-order chi connectivity index (χ1) is 12.3. The van der Waals surface area contributed by atoms with Crippen molar-refractivity contribution in [3.05, 3.63) is 24.3 Å². The van der Waals surface area contributed by atoms with E-state index in [0.29, 0.717) is 11.5 Å². The number of carbonyl (C=O) groups is 1. The highest BCUT2D eigenvalue weighted by Crippen LogP contribution is 2.33. The van der Waals surface area contributed by atoms with E-state index in [4.69, 9.17) is 23.7 Å². The van der Waals surface area contributed by atoms with Crippen LogP contribution < -0.4 is 14.8 Å². The van der Waals surface area contributed by atoms with Crippen LogP contribution in [0.25, 0.3) is 0 Å². The largest absolute Gasteiger partial charge is 0.497 e. The SMILES string of the molecule is COc1ccc(O[C@H]2O[C@H]3COC(C)(C)O[C@@H]3[C@@H](O)[C@@H]2NC(C)=O)cc1. The van der Waals surface area contributed by atoms with E-state index in [-0.39, 0.29) is 12.5 Å². The number of aliphatic hydroxyl groups is 1. The zero-order valence-corrected chi connectivity index (χ0v) is 15.3. The van der Waals surface area contributed by atoms with E-state index in [0.717, 1.165) is 0 Å². The molecule has 1 amide bonds. The van der Waals surface area contributed by atoms with Crippen LogP contribution in [-0.4, -0.2) is 61.2 Å². The molecule has 26 heavy (non-hydrogen) atoms.